The summed E-state index contributed by atoms with van der Waals surface area (Å²) in [4.78, 5) is 27.1. The minimum atomic E-state index is -0.347. The van der Waals surface area contributed by atoms with Gasteiger partial charge in [-0.1, -0.05) is 0 Å². The van der Waals surface area contributed by atoms with Crippen LogP contribution in [0.15, 0.2) is 41.0 Å². The summed E-state index contributed by atoms with van der Waals surface area (Å²) in [6.45, 7) is 1.38. The summed E-state index contributed by atoms with van der Waals surface area (Å²) in [6, 6.07) is 8.67. The van der Waals surface area contributed by atoms with Crippen LogP contribution in [0.5, 0.6) is 5.75 Å². The fourth-order valence-corrected chi connectivity index (χ4v) is 3.53. The van der Waals surface area contributed by atoms with Crippen molar-refractivity contribution in [2.75, 3.05) is 18.5 Å². The topological polar surface area (TPSA) is 71.8 Å². The molecular formula is C19H20N2O4. The molecule has 6 heteroatoms. The first-order valence-corrected chi connectivity index (χ1v) is 8.65. The number of nitrogens with one attached hydrogen (secondary N) is 1. The third-order valence-corrected chi connectivity index (χ3v) is 4.81. The zero-order valence-corrected chi connectivity index (χ0v) is 13.9. The van der Waals surface area contributed by atoms with Crippen LogP contribution >= 0.6 is 0 Å². The second-order valence-electron chi connectivity index (χ2n) is 6.43. The van der Waals surface area contributed by atoms with E-state index >= 15 is 0 Å². The van der Waals surface area contributed by atoms with E-state index in [2.05, 4.69) is 5.32 Å². The van der Waals surface area contributed by atoms with Gasteiger partial charge < -0.3 is 19.4 Å². The smallest absolute Gasteiger partial charge is 0.291 e. The van der Waals surface area contributed by atoms with E-state index < -0.39 is 0 Å². The van der Waals surface area contributed by atoms with Gasteiger partial charge in [0.1, 0.15) is 5.75 Å². The highest BCUT2D eigenvalue weighted by molar-refractivity contribution is 6.04. The second-order valence-corrected chi connectivity index (χ2v) is 6.43. The van der Waals surface area contributed by atoms with Crippen molar-refractivity contribution in [3.05, 3.63) is 47.9 Å². The van der Waals surface area contributed by atoms with E-state index in [0.717, 1.165) is 32.2 Å². The second kappa shape index (κ2) is 6.63. The Kier molecular flexibility index (Phi) is 4.17. The van der Waals surface area contributed by atoms with Crippen LogP contribution in [0.3, 0.4) is 0 Å². The molecule has 1 N–H and O–H groups in total. The van der Waals surface area contributed by atoms with Crippen molar-refractivity contribution in [3.8, 4) is 5.75 Å². The zero-order valence-electron chi connectivity index (χ0n) is 13.9. The lowest BCUT2D eigenvalue weighted by Crippen LogP contribution is -2.45. The Hall–Kier alpha value is -2.76. The molecule has 0 radical (unpaired) electrons. The minimum absolute atomic E-state index is 0.0199. The maximum Gasteiger partial charge on any atom is 0.291 e. The summed E-state index contributed by atoms with van der Waals surface area (Å²) in [5.41, 5.74) is 1.05. The van der Waals surface area contributed by atoms with Crippen LogP contribution in [-0.4, -0.2) is 35.9 Å². The summed E-state index contributed by atoms with van der Waals surface area (Å²) >= 11 is 0. The number of furan rings is 1. The number of amides is 2. The monoisotopic (exact) mass is 340 g/mol. The molecule has 3 heterocycles. The molecule has 4 rings (SSSR count). The van der Waals surface area contributed by atoms with E-state index in [1.807, 2.05) is 4.90 Å². The molecule has 2 aliphatic rings. The maximum atomic E-state index is 13.0. The van der Waals surface area contributed by atoms with E-state index in [1.165, 1.54) is 6.26 Å². The number of carbonyl (C=O) groups excluding carboxylic acids is 2. The Morgan fingerprint density at radius 2 is 2.12 bits per heavy atom. The highest BCUT2D eigenvalue weighted by Crippen LogP contribution is 2.31. The Morgan fingerprint density at radius 3 is 2.96 bits per heavy atom. The molecule has 0 bridgehead atoms. The van der Waals surface area contributed by atoms with Crippen LogP contribution in [0.1, 0.15) is 46.6 Å². The van der Waals surface area contributed by atoms with E-state index in [-0.39, 0.29) is 23.6 Å². The molecule has 25 heavy (non-hydrogen) atoms. The number of carbonyl (C=O) groups is 2. The number of nitrogens with zero attached hydrogens (tertiary/aromatic N) is 1. The number of ether oxygens (including phenoxy) is 1. The molecule has 0 spiro atoms. The maximum absolute atomic E-state index is 13.0. The summed E-state index contributed by atoms with van der Waals surface area (Å²) in [5.74, 6) is 0.434. The van der Waals surface area contributed by atoms with Crippen LogP contribution in [0.4, 0.5) is 5.69 Å². The summed E-state index contributed by atoms with van der Waals surface area (Å²) in [7, 11) is 0. The first-order chi connectivity index (χ1) is 12.2. The predicted octanol–water partition coefficient (Wildman–Crippen LogP) is 3.31. The van der Waals surface area contributed by atoms with Crippen molar-refractivity contribution >= 4 is 17.5 Å². The molecule has 1 aromatic heterocycles. The number of benzene rings is 1. The summed E-state index contributed by atoms with van der Waals surface area (Å²) in [6.07, 6.45) is 5.53. The Bertz CT molecular complexity index is 785. The largest absolute Gasteiger partial charge is 0.493 e. The fourth-order valence-electron chi connectivity index (χ4n) is 3.53. The molecule has 130 valence electrons. The first-order valence-electron chi connectivity index (χ1n) is 8.65. The minimum Gasteiger partial charge on any atom is -0.493 e. The van der Waals surface area contributed by atoms with Crippen molar-refractivity contribution in [3.63, 3.8) is 0 Å². The Labute approximate surface area is 145 Å². The molecule has 2 amide bonds. The van der Waals surface area contributed by atoms with Crippen molar-refractivity contribution in [1.29, 1.82) is 0 Å². The number of hydrogen-bond donors (Lipinski definition) is 1. The number of anilines is 1. The van der Waals surface area contributed by atoms with Gasteiger partial charge in [-0.15, -0.1) is 0 Å². The Balaban J connectivity index is 1.61. The predicted molar refractivity (Wildman–Crippen MR) is 91.9 cm³/mol. The highest BCUT2D eigenvalue weighted by Gasteiger charge is 2.31. The number of fused-ring (bicyclic) bond motifs is 2. The van der Waals surface area contributed by atoms with Gasteiger partial charge in [0.05, 0.1) is 18.4 Å². The van der Waals surface area contributed by atoms with E-state index in [9.17, 15) is 9.59 Å². The van der Waals surface area contributed by atoms with Crippen molar-refractivity contribution < 1.29 is 18.7 Å². The molecule has 1 fully saturated rings. The molecule has 6 nitrogen and oxygen atoms in total. The molecule has 1 atom stereocenters. The molecular weight excluding hydrogens is 320 g/mol. The lowest BCUT2D eigenvalue weighted by atomic mass is 9.97. The van der Waals surface area contributed by atoms with Gasteiger partial charge in [0.2, 0.25) is 0 Å². The van der Waals surface area contributed by atoms with E-state index in [0.29, 0.717) is 23.6 Å². The van der Waals surface area contributed by atoms with Gasteiger partial charge >= 0.3 is 0 Å². The molecule has 1 unspecified atom stereocenters. The molecule has 2 aromatic rings. The van der Waals surface area contributed by atoms with Crippen LogP contribution < -0.4 is 10.1 Å². The lowest BCUT2D eigenvalue weighted by Gasteiger charge is -2.37. The molecule has 1 aromatic carbocycles. The van der Waals surface area contributed by atoms with E-state index in [1.54, 1.807) is 30.3 Å². The first kappa shape index (κ1) is 15.7. The number of piperidine rings is 1. The van der Waals surface area contributed by atoms with Crippen molar-refractivity contribution in [2.24, 2.45) is 0 Å². The molecule has 1 saturated heterocycles. The lowest BCUT2D eigenvalue weighted by molar-refractivity contribution is 0.0548. The quantitative estimate of drug-likeness (QED) is 0.910. The van der Waals surface area contributed by atoms with Gasteiger partial charge in [-0.2, -0.15) is 0 Å². The van der Waals surface area contributed by atoms with Gasteiger partial charge in [-0.05, 0) is 49.6 Å². The van der Waals surface area contributed by atoms with Gasteiger partial charge in [0, 0.05) is 24.7 Å². The third kappa shape index (κ3) is 3.12. The normalized spacial score (nSPS) is 19.9. The zero-order chi connectivity index (χ0) is 17.2. The number of hydrogen-bond acceptors (Lipinski definition) is 4. The van der Waals surface area contributed by atoms with Gasteiger partial charge in [0.25, 0.3) is 11.8 Å². The molecule has 2 aliphatic heterocycles. The summed E-state index contributed by atoms with van der Waals surface area (Å²) < 4.78 is 10.9. The molecule has 0 saturated carbocycles. The third-order valence-electron chi connectivity index (χ3n) is 4.81. The van der Waals surface area contributed by atoms with Crippen molar-refractivity contribution in [2.45, 2.75) is 31.7 Å². The van der Waals surface area contributed by atoms with Crippen LogP contribution in [0.2, 0.25) is 0 Å². The average Bonchev–Trinajstić information content (AvgIpc) is 3.16. The number of rotatable bonds is 2. The average molecular weight is 340 g/mol. The van der Waals surface area contributed by atoms with Gasteiger partial charge in [0.15, 0.2) is 5.76 Å². The molecule has 0 aliphatic carbocycles. The Morgan fingerprint density at radius 1 is 1.20 bits per heavy atom. The standard InChI is InChI=1S/C19H20N2O4/c22-18(17-5-3-10-24-17)20-13-6-7-16-15(12-13)19(23)21-9-2-1-4-14(21)8-11-25-16/h3,5-7,10,12,14H,1-2,4,8-9,11H2,(H,20,22). The van der Waals surface area contributed by atoms with Gasteiger partial charge in [-0.3, -0.25) is 9.59 Å². The summed E-state index contributed by atoms with van der Waals surface area (Å²) in [5, 5.41) is 2.76. The highest BCUT2D eigenvalue weighted by atomic mass is 16.5. The van der Waals surface area contributed by atoms with Crippen LogP contribution in [-0.2, 0) is 0 Å². The SMILES string of the molecule is O=C(Nc1ccc2c(c1)C(=O)N1CCCCC1CCO2)c1ccco1. The van der Waals surface area contributed by atoms with Crippen molar-refractivity contribution in [1.82, 2.24) is 4.90 Å². The van der Waals surface area contributed by atoms with Crippen LogP contribution in [0.25, 0.3) is 0 Å². The van der Waals surface area contributed by atoms with E-state index in [4.69, 9.17) is 9.15 Å². The van der Waals surface area contributed by atoms with Crippen LogP contribution in [0, 0.1) is 0 Å². The fraction of sp³-hybridized carbons (Fsp3) is 0.368. The van der Waals surface area contributed by atoms with Gasteiger partial charge in [-0.25, -0.2) is 0 Å².